The van der Waals surface area contributed by atoms with E-state index < -0.39 is 22.6 Å². The van der Waals surface area contributed by atoms with Crippen molar-refractivity contribution in [3.63, 3.8) is 0 Å². The molecule has 8 heteroatoms. The van der Waals surface area contributed by atoms with Gasteiger partial charge in [-0.05, 0) is 66.1 Å². The minimum atomic E-state index is -1.01. The summed E-state index contributed by atoms with van der Waals surface area (Å²) in [5, 5.41) is 0.685. The van der Waals surface area contributed by atoms with Crippen LogP contribution in [-0.2, 0) is 23.2 Å². The van der Waals surface area contributed by atoms with E-state index in [1.807, 2.05) is 13.0 Å². The zero-order valence-corrected chi connectivity index (χ0v) is 19.3. The van der Waals surface area contributed by atoms with Gasteiger partial charge in [-0.2, -0.15) is 0 Å². The molecule has 3 aromatic carbocycles. The van der Waals surface area contributed by atoms with Gasteiger partial charge >= 0.3 is 0 Å². The van der Waals surface area contributed by atoms with Crippen molar-refractivity contribution >= 4 is 34.2 Å². The molecule has 32 heavy (non-hydrogen) atoms. The summed E-state index contributed by atoms with van der Waals surface area (Å²) in [5.41, 5.74) is 8.19. The van der Waals surface area contributed by atoms with E-state index in [0.717, 1.165) is 16.7 Å². The molecule has 0 saturated carbocycles. The topological polar surface area (TPSA) is 84.5 Å². The molecular formula is C24H23ClN2O4S. The maximum atomic E-state index is 12.3. The van der Waals surface area contributed by atoms with Gasteiger partial charge in [-0.3, -0.25) is 24.6 Å². The van der Waals surface area contributed by atoms with Crippen LogP contribution in [0, 0.1) is 6.92 Å². The van der Waals surface area contributed by atoms with E-state index in [2.05, 4.69) is 10.9 Å². The molecule has 0 aromatic heterocycles. The Morgan fingerprint density at radius 3 is 2.25 bits per heavy atom. The lowest BCUT2D eigenvalue weighted by Crippen LogP contribution is -2.41. The van der Waals surface area contributed by atoms with Crippen LogP contribution < -0.4 is 15.6 Å². The number of hydrogen-bond acceptors (Lipinski definition) is 4. The van der Waals surface area contributed by atoms with Crippen molar-refractivity contribution in [1.82, 2.24) is 10.9 Å². The second-order valence-electron chi connectivity index (χ2n) is 7.22. The zero-order chi connectivity index (χ0) is 23.1. The summed E-state index contributed by atoms with van der Waals surface area (Å²) in [7, 11) is -1.01. The third kappa shape index (κ3) is 6.67. The van der Waals surface area contributed by atoms with Crippen LogP contribution in [0.4, 0.5) is 0 Å². The predicted molar refractivity (Wildman–Crippen MR) is 126 cm³/mol. The number of halogens is 1. The van der Waals surface area contributed by atoms with E-state index in [9.17, 15) is 13.8 Å². The van der Waals surface area contributed by atoms with Crippen molar-refractivity contribution in [3.05, 3.63) is 99.6 Å². The lowest BCUT2D eigenvalue weighted by Gasteiger charge is -2.10. The van der Waals surface area contributed by atoms with Crippen LogP contribution in [0.2, 0.25) is 5.02 Å². The van der Waals surface area contributed by atoms with Crippen molar-refractivity contribution in [2.24, 2.45) is 0 Å². The standard InChI is InChI=1S/C24H23ClN2O4S/c1-16-12-21(10-11-22(16)25)31-14-17-6-8-19(9-7-17)23(28)26-27-24(29)20-5-3-4-18(13-20)15-32(2)30/h3-13H,14-15H2,1-2H3,(H,26,28)(H,27,29). The number of aryl methyl sites for hydroxylation is 1. The molecule has 0 spiro atoms. The Morgan fingerprint density at radius 2 is 1.59 bits per heavy atom. The summed E-state index contributed by atoms with van der Waals surface area (Å²) in [6.07, 6.45) is 1.60. The highest BCUT2D eigenvalue weighted by atomic mass is 35.5. The summed E-state index contributed by atoms with van der Waals surface area (Å²) < 4.78 is 17.1. The second kappa shape index (κ2) is 10.9. The van der Waals surface area contributed by atoms with Crippen LogP contribution in [-0.4, -0.2) is 22.3 Å². The van der Waals surface area contributed by atoms with Gasteiger partial charge in [-0.25, -0.2) is 0 Å². The van der Waals surface area contributed by atoms with Gasteiger partial charge in [0.2, 0.25) is 0 Å². The zero-order valence-electron chi connectivity index (χ0n) is 17.7. The van der Waals surface area contributed by atoms with E-state index >= 15 is 0 Å². The first-order valence-corrected chi connectivity index (χ1v) is 11.9. The van der Waals surface area contributed by atoms with E-state index in [4.69, 9.17) is 16.3 Å². The number of hydrazine groups is 1. The molecule has 0 aliphatic rings. The van der Waals surface area contributed by atoms with Crippen LogP contribution in [0.25, 0.3) is 0 Å². The van der Waals surface area contributed by atoms with Gasteiger partial charge in [0.1, 0.15) is 12.4 Å². The number of benzene rings is 3. The molecule has 6 nitrogen and oxygen atoms in total. The van der Waals surface area contributed by atoms with Crippen LogP contribution in [0.1, 0.15) is 37.4 Å². The van der Waals surface area contributed by atoms with Crippen LogP contribution in [0.3, 0.4) is 0 Å². The third-order valence-electron chi connectivity index (χ3n) is 4.60. The van der Waals surface area contributed by atoms with Gasteiger partial charge in [0.15, 0.2) is 0 Å². The Kier molecular flexibility index (Phi) is 8.03. The number of nitrogens with one attached hydrogen (secondary N) is 2. The van der Waals surface area contributed by atoms with Crippen molar-refractivity contribution in [2.75, 3.05) is 6.26 Å². The van der Waals surface area contributed by atoms with Gasteiger partial charge in [-0.1, -0.05) is 35.9 Å². The van der Waals surface area contributed by atoms with Crippen molar-refractivity contribution in [2.45, 2.75) is 19.3 Å². The fourth-order valence-electron chi connectivity index (χ4n) is 2.92. The van der Waals surface area contributed by atoms with Gasteiger partial charge in [-0.15, -0.1) is 0 Å². The first-order valence-electron chi connectivity index (χ1n) is 9.79. The molecule has 0 aliphatic carbocycles. The first-order chi connectivity index (χ1) is 15.3. The molecule has 2 amide bonds. The lowest BCUT2D eigenvalue weighted by molar-refractivity contribution is 0.0846. The highest BCUT2D eigenvalue weighted by Gasteiger charge is 2.10. The number of ether oxygens (including phenoxy) is 1. The van der Waals surface area contributed by atoms with Gasteiger partial charge in [0.25, 0.3) is 11.8 Å². The van der Waals surface area contributed by atoms with Gasteiger partial charge < -0.3 is 4.74 Å². The molecule has 3 rings (SSSR count). The van der Waals surface area contributed by atoms with Crippen molar-refractivity contribution in [1.29, 1.82) is 0 Å². The quantitative estimate of drug-likeness (QED) is 0.507. The SMILES string of the molecule is Cc1cc(OCc2ccc(C(=O)NNC(=O)c3cccc(CS(C)=O)c3)cc2)ccc1Cl. The fraction of sp³-hybridized carbons (Fsp3) is 0.167. The summed E-state index contributed by atoms with van der Waals surface area (Å²) in [6.45, 7) is 2.25. The normalized spacial score (nSPS) is 11.5. The molecule has 0 heterocycles. The van der Waals surface area contributed by atoms with E-state index in [1.54, 1.807) is 66.9 Å². The fourth-order valence-corrected chi connectivity index (χ4v) is 3.69. The van der Waals surface area contributed by atoms with Crippen LogP contribution >= 0.6 is 11.6 Å². The molecule has 2 N–H and O–H groups in total. The largest absolute Gasteiger partial charge is 0.489 e. The smallest absolute Gasteiger partial charge is 0.269 e. The molecule has 0 fully saturated rings. The number of amides is 2. The Labute approximate surface area is 194 Å². The number of hydrogen-bond donors (Lipinski definition) is 2. The average Bonchev–Trinajstić information content (AvgIpc) is 2.78. The summed E-state index contributed by atoms with van der Waals surface area (Å²) in [4.78, 5) is 24.7. The monoisotopic (exact) mass is 470 g/mol. The van der Waals surface area contributed by atoms with Crippen LogP contribution in [0.15, 0.2) is 66.7 Å². The van der Waals surface area contributed by atoms with E-state index in [0.29, 0.717) is 34.3 Å². The summed E-state index contributed by atoms with van der Waals surface area (Å²) in [6, 6.07) is 19.1. The minimum absolute atomic E-state index is 0.346. The number of rotatable bonds is 7. The molecule has 1 atom stereocenters. The molecule has 0 radical (unpaired) electrons. The third-order valence-corrected chi connectivity index (χ3v) is 5.76. The molecular weight excluding hydrogens is 448 g/mol. The Hall–Kier alpha value is -3.16. The summed E-state index contributed by atoms with van der Waals surface area (Å²) >= 11 is 6.02. The number of carbonyl (C=O) groups is 2. The average molecular weight is 471 g/mol. The Balaban J connectivity index is 1.52. The highest BCUT2D eigenvalue weighted by molar-refractivity contribution is 7.83. The van der Waals surface area contributed by atoms with Crippen molar-refractivity contribution < 1.29 is 18.5 Å². The molecule has 0 saturated heterocycles. The Bertz CT molecular complexity index is 1150. The Morgan fingerprint density at radius 1 is 0.906 bits per heavy atom. The maximum absolute atomic E-state index is 12.3. The molecule has 166 valence electrons. The summed E-state index contributed by atoms with van der Waals surface area (Å²) in [5.74, 6) is 0.183. The van der Waals surface area contributed by atoms with Gasteiger partial charge in [0, 0.05) is 39.0 Å². The molecule has 0 aliphatic heterocycles. The minimum Gasteiger partial charge on any atom is -0.489 e. The predicted octanol–water partition coefficient (Wildman–Crippen LogP) is 4.18. The molecule has 1 unspecified atom stereocenters. The van der Waals surface area contributed by atoms with E-state index in [-0.39, 0.29) is 0 Å². The van der Waals surface area contributed by atoms with Crippen LogP contribution in [0.5, 0.6) is 5.75 Å². The number of carbonyl (C=O) groups excluding carboxylic acids is 2. The molecule has 0 bridgehead atoms. The lowest BCUT2D eigenvalue weighted by atomic mass is 10.1. The second-order valence-corrected chi connectivity index (χ2v) is 9.07. The van der Waals surface area contributed by atoms with E-state index in [1.165, 1.54) is 0 Å². The maximum Gasteiger partial charge on any atom is 0.269 e. The van der Waals surface area contributed by atoms with Crippen molar-refractivity contribution in [3.8, 4) is 5.75 Å². The molecule has 3 aromatic rings. The highest BCUT2D eigenvalue weighted by Crippen LogP contribution is 2.22. The van der Waals surface area contributed by atoms with Gasteiger partial charge in [0.05, 0.1) is 0 Å². The first kappa shape index (κ1) is 23.5.